The summed E-state index contributed by atoms with van der Waals surface area (Å²) in [5, 5.41) is 11.9. The van der Waals surface area contributed by atoms with Crippen LogP contribution in [0.15, 0.2) is 60.7 Å². The molecule has 0 bridgehead atoms. The standard InChI is InChI=1S/C24H22ClN3/c1-16-9-12-20(25)15-22(16)28-24-21(8-4-5-13-26-24)23(27-28)19-11-10-17-6-2-3-7-18(17)14-19/h2-3,6-7,9-12,14-15,26H,4-5,8,13H2,1H3. The summed E-state index contributed by atoms with van der Waals surface area (Å²) in [5.41, 5.74) is 5.72. The number of aryl methyl sites for hydroxylation is 1. The van der Waals surface area contributed by atoms with Crippen LogP contribution >= 0.6 is 11.6 Å². The van der Waals surface area contributed by atoms with Crippen molar-refractivity contribution in [2.75, 3.05) is 11.9 Å². The van der Waals surface area contributed by atoms with Gasteiger partial charge in [-0.1, -0.05) is 54.1 Å². The number of rotatable bonds is 2. The Morgan fingerprint density at radius 1 is 0.964 bits per heavy atom. The van der Waals surface area contributed by atoms with Gasteiger partial charge in [0.15, 0.2) is 0 Å². The SMILES string of the molecule is Cc1ccc(Cl)cc1-n1nc(-c2ccc3ccccc3c2)c2c1NCCCC2. The van der Waals surface area contributed by atoms with Crippen molar-refractivity contribution in [2.24, 2.45) is 0 Å². The van der Waals surface area contributed by atoms with Gasteiger partial charge < -0.3 is 5.32 Å². The summed E-state index contributed by atoms with van der Waals surface area (Å²) in [6.07, 6.45) is 3.37. The first-order valence-electron chi connectivity index (χ1n) is 9.82. The molecule has 5 rings (SSSR count). The van der Waals surface area contributed by atoms with E-state index in [0.29, 0.717) is 0 Å². The highest BCUT2D eigenvalue weighted by Crippen LogP contribution is 2.36. The van der Waals surface area contributed by atoms with Gasteiger partial charge in [-0.2, -0.15) is 5.10 Å². The monoisotopic (exact) mass is 387 g/mol. The molecule has 28 heavy (non-hydrogen) atoms. The highest BCUT2D eigenvalue weighted by molar-refractivity contribution is 6.30. The number of nitrogens with one attached hydrogen (secondary N) is 1. The molecule has 3 aromatic carbocycles. The molecule has 1 aromatic heterocycles. The molecular weight excluding hydrogens is 366 g/mol. The van der Waals surface area contributed by atoms with E-state index >= 15 is 0 Å². The molecular formula is C24H22ClN3. The number of hydrogen-bond acceptors (Lipinski definition) is 2. The second-order valence-corrected chi connectivity index (χ2v) is 7.90. The number of halogens is 1. The molecule has 4 heteroatoms. The van der Waals surface area contributed by atoms with E-state index in [1.54, 1.807) is 0 Å². The molecule has 0 unspecified atom stereocenters. The number of anilines is 1. The first-order valence-corrected chi connectivity index (χ1v) is 10.2. The smallest absolute Gasteiger partial charge is 0.133 e. The summed E-state index contributed by atoms with van der Waals surface area (Å²) in [6, 6.07) is 21.1. The Bertz CT molecular complexity index is 1180. The first-order chi connectivity index (χ1) is 13.7. The predicted molar refractivity (Wildman–Crippen MR) is 118 cm³/mol. The van der Waals surface area contributed by atoms with Crippen LogP contribution in [0.25, 0.3) is 27.7 Å². The number of benzene rings is 3. The van der Waals surface area contributed by atoms with Crippen LogP contribution in [0.3, 0.4) is 0 Å². The lowest BCUT2D eigenvalue weighted by atomic mass is 10.0. The van der Waals surface area contributed by atoms with Gasteiger partial charge in [-0.05, 0) is 60.7 Å². The Kier molecular flexibility index (Phi) is 4.33. The molecule has 4 aromatic rings. The van der Waals surface area contributed by atoms with E-state index in [9.17, 15) is 0 Å². The van der Waals surface area contributed by atoms with Crippen LogP contribution in [0.1, 0.15) is 24.0 Å². The maximum atomic E-state index is 6.31. The third-order valence-corrected chi connectivity index (χ3v) is 5.79. The molecule has 1 N–H and O–H groups in total. The van der Waals surface area contributed by atoms with Gasteiger partial charge >= 0.3 is 0 Å². The normalized spacial score (nSPS) is 13.8. The fraction of sp³-hybridized carbons (Fsp3) is 0.208. The fourth-order valence-corrected chi connectivity index (χ4v) is 4.22. The van der Waals surface area contributed by atoms with Gasteiger partial charge in [0.25, 0.3) is 0 Å². The summed E-state index contributed by atoms with van der Waals surface area (Å²) >= 11 is 6.31. The lowest BCUT2D eigenvalue weighted by molar-refractivity contribution is 0.779. The molecule has 0 radical (unpaired) electrons. The van der Waals surface area contributed by atoms with E-state index in [2.05, 4.69) is 60.8 Å². The zero-order valence-electron chi connectivity index (χ0n) is 15.9. The highest BCUT2D eigenvalue weighted by Gasteiger charge is 2.22. The van der Waals surface area contributed by atoms with Crippen LogP contribution in [0, 0.1) is 6.92 Å². The average molecular weight is 388 g/mol. The molecule has 1 aliphatic rings. The van der Waals surface area contributed by atoms with Gasteiger partial charge in [0.1, 0.15) is 5.82 Å². The van der Waals surface area contributed by atoms with Crippen molar-refractivity contribution in [3.8, 4) is 16.9 Å². The number of aromatic nitrogens is 2. The van der Waals surface area contributed by atoms with Crippen LogP contribution in [-0.2, 0) is 6.42 Å². The van der Waals surface area contributed by atoms with Gasteiger partial charge in [0.2, 0.25) is 0 Å². The predicted octanol–water partition coefficient (Wildman–Crippen LogP) is 6.40. The Hall–Kier alpha value is -2.78. The molecule has 0 spiro atoms. The average Bonchev–Trinajstić information content (AvgIpc) is 2.90. The highest BCUT2D eigenvalue weighted by atomic mass is 35.5. The van der Waals surface area contributed by atoms with Gasteiger partial charge in [0, 0.05) is 22.7 Å². The lowest BCUT2D eigenvalue weighted by Gasteiger charge is -2.12. The van der Waals surface area contributed by atoms with Crippen molar-refractivity contribution in [2.45, 2.75) is 26.2 Å². The summed E-state index contributed by atoms with van der Waals surface area (Å²) in [6.45, 7) is 3.07. The van der Waals surface area contributed by atoms with Crippen LogP contribution < -0.4 is 5.32 Å². The topological polar surface area (TPSA) is 29.9 Å². The van der Waals surface area contributed by atoms with Crippen LogP contribution in [0.2, 0.25) is 5.02 Å². The minimum Gasteiger partial charge on any atom is -0.370 e. The van der Waals surface area contributed by atoms with E-state index < -0.39 is 0 Å². The second kappa shape index (κ2) is 6.99. The molecule has 0 saturated carbocycles. The van der Waals surface area contributed by atoms with Gasteiger partial charge in [0.05, 0.1) is 11.4 Å². The van der Waals surface area contributed by atoms with Crippen molar-refractivity contribution in [3.63, 3.8) is 0 Å². The van der Waals surface area contributed by atoms with Gasteiger partial charge in [-0.15, -0.1) is 0 Å². The zero-order valence-corrected chi connectivity index (χ0v) is 16.6. The second-order valence-electron chi connectivity index (χ2n) is 7.46. The molecule has 1 aliphatic heterocycles. The molecule has 140 valence electrons. The molecule has 3 nitrogen and oxygen atoms in total. The van der Waals surface area contributed by atoms with E-state index in [4.69, 9.17) is 16.7 Å². The zero-order chi connectivity index (χ0) is 19.1. The molecule has 2 heterocycles. The van der Waals surface area contributed by atoms with Gasteiger partial charge in [-0.25, -0.2) is 4.68 Å². The molecule has 0 amide bonds. The van der Waals surface area contributed by atoms with Crippen LogP contribution in [-0.4, -0.2) is 16.3 Å². The molecule has 0 aliphatic carbocycles. The van der Waals surface area contributed by atoms with E-state index in [-0.39, 0.29) is 0 Å². The van der Waals surface area contributed by atoms with Crippen molar-refractivity contribution in [1.29, 1.82) is 0 Å². The van der Waals surface area contributed by atoms with Gasteiger partial charge in [-0.3, -0.25) is 0 Å². The third-order valence-electron chi connectivity index (χ3n) is 5.55. The number of nitrogens with zero attached hydrogens (tertiary/aromatic N) is 2. The lowest BCUT2D eigenvalue weighted by Crippen LogP contribution is -2.08. The Morgan fingerprint density at radius 2 is 1.82 bits per heavy atom. The number of hydrogen-bond donors (Lipinski definition) is 1. The quantitative estimate of drug-likeness (QED) is 0.431. The summed E-state index contributed by atoms with van der Waals surface area (Å²) in [5.74, 6) is 1.10. The summed E-state index contributed by atoms with van der Waals surface area (Å²) in [4.78, 5) is 0. The van der Waals surface area contributed by atoms with Crippen molar-refractivity contribution in [1.82, 2.24) is 9.78 Å². The van der Waals surface area contributed by atoms with E-state index in [0.717, 1.165) is 46.3 Å². The summed E-state index contributed by atoms with van der Waals surface area (Å²) in [7, 11) is 0. The van der Waals surface area contributed by atoms with Crippen molar-refractivity contribution >= 4 is 28.2 Å². The van der Waals surface area contributed by atoms with Crippen LogP contribution in [0.5, 0.6) is 0 Å². The van der Waals surface area contributed by atoms with E-state index in [1.165, 1.54) is 29.2 Å². The fourth-order valence-electron chi connectivity index (χ4n) is 4.06. The first kappa shape index (κ1) is 17.3. The minimum atomic E-state index is 0.728. The Labute approximate surface area is 170 Å². The largest absolute Gasteiger partial charge is 0.370 e. The summed E-state index contributed by atoms with van der Waals surface area (Å²) < 4.78 is 2.05. The Morgan fingerprint density at radius 3 is 2.71 bits per heavy atom. The molecule has 0 saturated heterocycles. The maximum absolute atomic E-state index is 6.31. The minimum absolute atomic E-state index is 0.728. The van der Waals surface area contributed by atoms with Crippen molar-refractivity contribution in [3.05, 3.63) is 76.8 Å². The maximum Gasteiger partial charge on any atom is 0.133 e. The number of fused-ring (bicyclic) bond motifs is 2. The third kappa shape index (κ3) is 2.96. The van der Waals surface area contributed by atoms with E-state index in [1.807, 2.05) is 16.8 Å². The van der Waals surface area contributed by atoms with Crippen LogP contribution in [0.4, 0.5) is 5.82 Å². The Balaban J connectivity index is 1.74. The van der Waals surface area contributed by atoms with Crippen molar-refractivity contribution < 1.29 is 0 Å². The molecule has 0 fully saturated rings. The molecule has 0 atom stereocenters.